The number of thioether (sulfide) groups is 1. The van der Waals surface area contributed by atoms with Crippen LogP contribution in [0.1, 0.15) is 18.0 Å². The number of nitrogens with zero attached hydrogens (tertiary/aromatic N) is 4. The molecule has 0 radical (unpaired) electrons. The summed E-state index contributed by atoms with van der Waals surface area (Å²) in [7, 11) is 0. The van der Waals surface area contributed by atoms with Crippen molar-refractivity contribution in [1.29, 1.82) is 0 Å². The molecule has 160 valence electrons. The highest BCUT2D eigenvalue weighted by atomic mass is 32.2. The third-order valence-corrected chi connectivity index (χ3v) is 5.32. The standard InChI is InChI=1S/C19H19N7O4S/c1-11-7-14(25-30-11)21-17(28)10-31-19-24-23-15(26(19)13-5-3-2-4-6-13)8-12-9-16(27)22-18(29)20-12/h2-7,12H,8-10H2,1H3,(H,21,25,28)(H2,20,22,27,29). The molecule has 0 spiro atoms. The van der Waals surface area contributed by atoms with Crippen LogP contribution >= 0.6 is 11.8 Å². The molecule has 3 aromatic rings. The van der Waals surface area contributed by atoms with E-state index in [1.807, 2.05) is 34.9 Å². The van der Waals surface area contributed by atoms with E-state index in [0.29, 0.717) is 29.0 Å². The number of rotatable bonds is 7. The molecule has 1 aromatic carbocycles. The largest absolute Gasteiger partial charge is 0.360 e. The Morgan fingerprint density at radius 3 is 2.81 bits per heavy atom. The summed E-state index contributed by atoms with van der Waals surface area (Å²) in [6, 6.07) is 10.1. The van der Waals surface area contributed by atoms with Crippen LogP contribution in [0.4, 0.5) is 10.6 Å². The van der Waals surface area contributed by atoms with Gasteiger partial charge in [-0.25, -0.2) is 4.79 Å². The highest BCUT2D eigenvalue weighted by Gasteiger charge is 2.27. The van der Waals surface area contributed by atoms with Gasteiger partial charge in [0.05, 0.1) is 5.75 Å². The minimum Gasteiger partial charge on any atom is -0.360 e. The molecule has 31 heavy (non-hydrogen) atoms. The second-order valence-corrected chi connectivity index (χ2v) is 7.80. The lowest BCUT2D eigenvalue weighted by atomic mass is 10.1. The molecule has 12 heteroatoms. The molecule has 1 fully saturated rings. The molecule has 1 saturated heterocycles. The van der Waals surface area contributed by atoms with Crippen molar-refractivity contribution in [3.8, 4) is 5.69 Å². The molecule has 0 bridgehead atoms. The number of nitrogens with one attached hydrogen (secondary N) is 3. The lowest BCUT2D eigenvalue weighted by Crippen LogP contribution is -2.53. The molecular weight excluding hydrogens is 422 g/mol. The van der Waals surface area contributed by atoms with Crippen molar-refractivity contribution < 1.29 is 18.9 Å². The van der Waals surface area contributed by atoms with Gasteiger partial charge in [-0.3, -0.25) is 19.5 Å². The zero-order valence-electron chi connectivity index (χ0n) is 16.5. The first-order chi connectivity index (χ1) is 15.0. The molecular formula is C19H19N7O4S. The highest BCUT2D eigenvalue weighted by molar-refractivity contribution is 7.99. The number of carbonyl (C=O) groups excluding carboxylic acids is 3. The number of aryl methyl sites for hydroxylation is 1. The van der Waals surface area contributed by atoms with E-state index in [-0.39, 0.29) is 24.0 Å². The van der Waals surface area contributed by atoms with Gasteiger partial charge in [0, 0.05) is 30.6 Å². The Kier molecular flexibility index (Phi) is 5.98. The minimum absolute atomic E-state index is 0.0828. The summed E-state index contributed by atoms with van der Waals surface area (Å²) >= 11 is 1.21. The number of carbonyl (C=O) groups is 3. The topological polar surface area (TPSA) is 144 Å². The molecule has 1 aliphatic rings. The fourth-order valence-electron chi connectivity index (χ4n) is 3.11. The quantitative estimate of drug-likeness (QED) is 0.467. The zero-order valence-corrected chi connectivity index (χ0v) is 17.3. The van der Waals surface area contributed by atoms with Gasteiger partial charge < -0.3 is 15.2 Å². The van der Waals surface area contributed by atoms with Gasteiger partial charge in [0.1, 0.15) is 11.6 Å². The molecule has 11 nitrogen and oxygen atoms in total. The molecule has 3 heterocycles. The predicted molar refractivity (Wildman–Crippen MR) is 111 cm³/mol. The number of anilines is 1. The third-order valence-electron chi connectivity index (χ3n) is 4.39. The minimum atomic E-state index is -0.526. The predicted octanol–water partition coefficient (Wildman–Crippen LogP) is 1.44. The summed E-state index contributed by atoms with van der Waals surface area (Å²) in [5, 5.41) is 20.3. The van der Waals surface area contributed by atoms with Gasteiger partial charge in [-0.1, -0.05) is 35.1 Å². The van der Waals surface area contributed by atoms with E-state index in [1.54, 1.807) is 13.0 Å². The molecule has 4 rings (SSSR count). The Labute approximate surface area is 181 Å². The van der Waals surface area contributed by atoms with Crippen LogP contribution in [0.3, 0.4) is 0 Å². The Hall–Kier alpha value is -3.67. The van der Waals surface area contributed by atoms with Gasteiger partial charge in [-0.15, -0.1) is 10.2 Å². The van der Waals surface area contributed by atoms with Crippen molar-refractivity contribution in [2.24, 2.45) is 0 Å². The zero-order chi connectivity index (χ0) is 21.8. The van der Waals surface area contributed by atoms with Gasteiger partial charge in [0.2, 0.25) is 11.8 Å². The maximum atomic E-state index is 12.3. The molecule has 1 atom stereocenters. The maximum Gasteiger partial charge on any atom is 0.321 e. The van der Waals surface area contributed by atoms with Gasteiger partial charge in [-0.05, 0) is 19.1 Å². The first-order valence-electron chi connectivity index (χ1n) is 9.44. The van der Waals surface area contributed by atoms with Crippen LogP contribution in [0.2, 0.25) is 0 Å². The Morgan fingerprint density at radius 2 is 2.10 bits per heavy atom. The van der Waals surface area contributed by atoms with Crippen LogP contribution < -0.4 is 16.0 Å². The second-order valence-electron chi connectivity index (χ2n) is 6.86. The number of aromatic nitrogens is 4. The molecule has 2 aromatic heterocycles. The van der Waals surface area contributed by atoms with Gasteiger partial charge in [0.25, 0.3) is 0 Å². The van der Waals surface area contributed by atoms with E-state index in [4.69, 9.17) is 4.52 Å². The molecule has 3 N–H and O–H groups in total. The number of amides is 4. The van der Waals surface area contributed by atoms with Crippen molar-refractivity contribution >= 4 is 35.4 Å². The van der Waals surface area contributed by atoms with Crippen LogP contribution in [0.25, 0.3) is 5.69 Å². The van der Waals surface area contributed by atoms with E-state index < -0.39 is 12.1 Å². The molecule has 0 saturated carbocycles. The lowest BCUT2D eigenvalue weighted by molar-refractivity contribution is -0.121. The third kappa shape index (κ3) is 5.09. The second kappa shape index (κ2) is 9.00. The summed E-state index contributed by atoms with van der Waals surface area (Å²) in [6.45, 7) is 1.74. The first-order valence-corrected chi connectivity index (χ1v) is 10.4. The van der Waals surface area contributed by atoms with E-state index in [2.05, 4.69) is 31.3 Å². The summed E-state index contributed by atoms with van der Waals surface area (Å²) in [4.78, 5) is 35.6. The first kappa shape index (κ1) is 20.6. The van der Waals surface area contributed by atoms with E-state index >= 15 is 0 Å². The summed E-state index contributed by atoms with van der Waals surface area (Å²) < 4.78 is 6.76. The summed E-state index contributed by atoms with van der Waals surface area (Å²) in [5.74, 6) is 0.993. The number of hydrogen-bond donors (Lipinski definition) is 3. The number of benzene rings is 1. The Balaban J connectivity index is 1.51. The number of imide groups is 1. The fourth-order valence-corrected chi connectivity index (χ4v) is 3.89. The number of para-hydroxylation sites is 1. The maximum absolute atomic E-state index is 12.3. The van der Waals surface area contributed by atoms with Gasteiger partial charge >= 0.3 is 6.03 Å². The van der Waals surface area contributed by atoms with E-state index in [1.165, 1.54) is 11.8 Å². The monoisotopic (exact) mass is 441 g/mol. The normalized spacial score (nSPS) is 16.0. The van der Waals surface area contributed by atoms with Crippen molar-refractivity contribution in [3.05, 3.63) is 48.0 Å². The highest BCUT2D eigenvalue weighted by Crippen LogP contribution is 2.23. The fraction of sp³-hybridized carbons (Fsp3) is 0.263. The van der Waals surface area contributed by atoms with Gasteiger partial charge in [0.15, 0.2) is 11.0 Å². The van der Waals surface area contributed by atoms with Crippen molar-refractivity contribution in [1.82, 2.24) is 30.6 Å². The van der Waals surface area contributed by atoms with Crippen LogP contribution in [-0.2, 0) is 16.0 Å². The summed E-state index contributed by atoms with van der Waals surface area (Å²) in [5.41, 5.74) is 0.809. The smallest absolute Gasteiger partial charge is 0.321 e. The van der Waals surface area contributed by atoms with E-state index in [0.717, 1.165) is 5.69 Å². The number of hydrogen-bond acceptors (Lipinski definition) is 8. The molecule has 1 unspecified atom stereocenters. The Morgan fingerprint density at radius 1 is 1.29 bits per heavy atom. The van der Waals surface area contributed by atoms with Gasteiger partial charge in [-0.2, -0.15) is 0 Å². The van der Waals surface area contributed by atoms with Crippen molar-refractivity contribution in [2.45, 2.75) is 31.0 Å². The van der Waals surface area contributed by atoms with Crippen LogP contribution in [0.15, 0.2) is 46.1 Å². The lowest BCUT2D eigenvalue weighted by Gasteiger charge is -2.23. The summed E-state index contributed by atoms with van der Waals surface area (Å²) in [6.07, 6.45) is 0.460. The molecule has 4 amide bonds. The van der Waals surface area contributed by atoms with Crippen molar-refractivity contribution in [2.75, 3.05) is 11.1 Å². The molecule has 1 aliphatic heterocycles. The van der Waals surface area contributed by atoms with E-state index in [9.17, 15) is 14.4 Å². The molecule has 0 aliphatic carbocycles. The van der Waals surface area contributed by atoms with Crippen LogP contribution in [0, 0.1) is 6.92 Å². The number of urea groups is 1. The average Bonchev–Trinajstić information content (AvgIpc) is 3.32. The Bertz CT molecular complexity index is 1100. The van der Waals surface area contributed by atoms with Crippen molar-refractivity contribution in [3.63, 3.8) is 0 Å². The SMILES string of the molecule is Cc1cc(NC(=O)CSc2nnc(CC3CC(=O)NC(=O)N3)n2-c2ccccc2)no1. The van der Waals surface area contributed by atoms with Crippen LogP contribution in [0.5, 0.6) is 0 Å². The van der Waals surface area contributed by atoms with Crippen LogP contribution in [-0.4, -0.2) is 49.6 Å². The average molecular weight is 441 g/mol.